The Bertz CT molecular complexity index is 691. The van der Waals surface area contributed by atoms with Gasteiger partial charge in [0.25, 0.3) is 0 Å². The lowest BCUT2D eigenvalue weighted by molar-refractivity contribution is -0.614. The summed E-state index contributed by atoms with van der Waals surface area (Å²) in [6, 6.07) is 11.8. The van der Waals surface area contributed by atoms with Crippen LogP contribution in [0.2, 0.25) is 0 Å². The predicted molar refractivity (Wildman–Crippen MR) is 69.8 cm³/mol. The van der Waals surface area contributed by atoms with E-state index in [4.69, 9.17) is 0 Å². The van der Waals surface area contributed by atoms with Crippen LogP contribution in [0, 0.1) is 6.92 Å². The fourth-order valence-corrected chi connectivity index (χ4v) is 1.88. The van der Waals surface area contributed by atoms with Crippen molar-refractivity contribution in [2.24, 2.45) is 0 Å². The second kappa shape index (κ2) is 7.67. The first-order valence-electron chi connectivity index (χ1n) is 6.11. The number of aromatic nitrogens is 4. The molecule has 3 heterocycles. The molecule has 4 nitrogen and oxygen atoms in total. The third-order valence-corrected chi connectivity index (χ3v) is 2.84. The Morgan fingerprint density at radius 2 is 1.29 bits per heavy atom. The van der Waals surface area contributed by atoms with E-state index in [0.29, 0.717) is 5.95 Å². The molecule has 0 aliphatic rings. The van der Waals surface area contributed by atoms with Gasteiger partial charge in [-0.05, 0) is 31.2 Å². The molecule has 0 aliphatic heterocycles. The summed E-state index contributed by atoms with van der Waals surface area (Å²) in [6.45, 7) is 2.01. The van der Waals surface area contributed by atoms with Crippen LogP contribution in [-0.2, 0) is 0 Å². The second-order valence-electron chi connectivity index (χ2n) is 4.24. The predicted octanol–water partition coefficient (Wildman–Crippen LogP) is -4.65. The fraction of sp³-hybridized carbons (Fsp3) is 0.0667. The van der Waals surface area contributed by atoms with Gasteiger partial charge in [-0.15, -0.1) is 0 Å². The highest BCUT2D eigenvalue weighted by molar-refractivity contribution is 5.23. The van der Waals surface area contributed by atoms with Gasteiger partial charge in [0, 0.05) is 4.98 Å². The van der Waals surface area contributed by atoms with Gasteiger partial charge in [-0.3, -0.25) is 0 Å². The topological polar surface area (TPSA) is 33.5 Å². The van der Waals surface area contributed by atoms with Crippen LogP contribution in [0.15, 0.2) is 67.4 Å². The highest BCUT2D eigenvalue weighted by atomic mass is 35.5. The third-order valence-electron chi connectivity index (χ3n) is 2.84. The maximum absolute atomic E-state index is 4.63. The Morgan fingerprint density at radius 1 is 0.762 bits per heavy atom. The van der Waals surface area contributed by atoms with Crippen LogP contribution in [0.4, 0.5) is 0 Å². The van der Waals surface area contributed by atoms with Gasteiger partial charge >= 0.3 is 11.8 Å². The van der Waals surface area contributed by atoms with Crippen molar-refractivity contribution in [3.8, 4) is 11.8 Å². The normalized spacial score (nSPS) is 9.38. The molecule has 0 amide bonds. The molecule has 6 heteroatoms. The van der Waals surface area contributed by atoms with Crippen molar-refractivity contribution in [1.82, 2.24) is 9.97 Å². The summed E-state index contributed by atoms with van der Waals surface area (Å²) in [5, 5.41) is 0. The minimum Gasteiger partial charge on any atom is -1.00 e. The third kappa shape index (κ3) is 3.74. The summed E-state index contributed by atoms with van der Waals surface area (Å²) in [6.07, 6.45) is 9.68. The molecule has 0 unspecified atom stereocenters. The van der Waals surface area contributed by atoms with E-state index in [0.717, 1.165) is 11.4 Å². The fourth-order valence-electron chi connectivity index (χ4n) is 1.88. The first-order chi connectivity index (χ1) is 9.34. The zero-order valence-electron chi connectivity index (χ0n) is 11.4. The van der Waals surface area contributed by atoms with Crippen LogP contribution < -0.4 is 33.9 Å². The number of halogens is 2. The number of rotatable bonds is 2. The van der Waals surface area contributed by atoms with Gasteiger partial charge in [0.1, 0.15) is 6.20 Å². The molecule has 0 fully saturated rings. The molecule has 3 aromatic heterocycles. The van der Waals surface area contributed by atoms with Gasteiger partial charge in [0.15, 0.2) is 0 Å². The molecule has 0 radical (unpaired) electrons. The lowest BCUT2D eigenvalue weighted by Gasteiger charge is -1.98. The van der Waals surface area contributed by atoms with Crippen molar-refractivity contribution in [3.63, 3.8) is 0 Å². The molecule has 0 bridgehead atoms. The van der Waals surface area contributed by atoms with E-state index in [1.54, 1.807) is 0 Å². The molecule has 108 valence electrons. The summed E-state index contributed by atoms with van der Waals surface area (Å²) in [5.41, 5.74) is 1.04. The van der Waals surface area contributed by atoms with Crippen molar-refractivity contribution < 1.29 is 33.9 Å². The lowest BCUT2D eigenvalue weighted by Crippen LogP contribution is -3.00. The maximum atomic E-state index is 4.63. The molecule has 0 aromatic carbocycles. The summed E-state index contributed by atoms with van der Waals surface area (Å²) >= 11 is 0. The molecule has 0 N–H and O–H groups in total. The average molecular weight is 321 g/mol. The first-order valence-corrected chi connectivity index (χ1v) is 6.11. The molecular weight excluding hydrogens is 307 g/mol. The molecule has 0 saturated heterocycles. The zero-order valence-corrected chi connectivity index (χ0v) is 12.9. The Labute approximate surface area is 136 Å². The van der Waals surface area contributed by atoms with Crippen molar-refractivity contribution in [1.29, 1.82) is 0 Å². The van der Waals surface area contributed by atoms with Crippen LogP contribution in [-0.4, -0.2) is 9.97 Å². The van der Waals surface area contributed by atoms with E-state index in [1.807, 2.05) is 83.4 Å². The van der Waals surface area contributed by atoms with E-state index < -0.39 is 0 Å². The van der Waals surface area contributed by atoms with Gasteiger partial charge in [-0.1, -0.05) is 17.1 Å². The Kier molecular flexibility index (Phi) is 6.21. The van der Waals surface area contributed by atoms with Gasteiger partial charge in [0.2, 0.25) is 0 Å². The van der Waals surface area contributed by atoms with Crippen LogP contribution in [0.25, 0.3) is 11.8 Å². The highest BCUT2D eigenvalue weighted by Crippen LogP contribution is 2.03. The largest absolute Gasteiger partial charge is 1.00 e. The number of nitrogens with zero attached hydrogens (tertiary/aromatic N) is 4. The van der Waals surface area contributed by atoms with E-state index in [2.05, 4.69) is 9.97 Å². The standard InChI is InChI=1S/C15H14N4.2ClH/c1-13-12-16-15(19-10-6-3-7-11-19)17-14(13)18-8-4-2-5-9-18;;/h2-12H,1H3;2*1H/q+2;;/p-2. The van der Waals surface area contributed by atoms with Crippen LogP contribution in [0.1, 0.15) is 5.56 Å². The minimum atomic E-state index is 0. The van der Waals surface area contributed by atoms with Crippen molar-refractivity contribution in [2.45, 2.75) is 6.92 Å². The molecule has 21 heavy (non-hydrogen) atoms. The van der Waals surface area contributed by atoms with Crippen molar-refractivity contribution in [3.05, 3.63) is 72.9 Å². The monoisotopic (exact) mass is 320 g/mol. The van der Waals surface area contributed by atoms with Crippen LogP contribution >= 0.6 is 0 Å². The number of hydrogen-bond acceptors (Lipinski definition) is 2. The van der Waals surface area contributed by atoms with Crippen LogP contribution in [0.3, 0.4) is 0 Å². The van der Waals surface area contributed by atoms with E-state index >= 15 is 0 Å². The van der Waals surface area contributed by atoms with E-state index in [-0.39, 0.29) is 24.8 Å². The number of aryl methyl sites for hydroxylation is 1. The highest BCUT2D eigenvalue weighted by Gasteiger charge is 2.19. The van der Waals surface area contributed by atoms with Gasteiger partial charge < -0.3 is 24.8 Å². The summed E-state index contributed by atoms with van der Waals surface area (Å²) in [7, 11) is 0. The first kappa shape index (κ1) is 17.0. The molecule has 0 spiro atoms. The smallest absolute Gasteiger partial charge is 0.477 e. The number of hydrogen-bond donors (Lipinski definition) is 0. The molecule has 3 aromatic rings. The zero-order chi connectivity index (χ0) is 13.1. The average Bonchev–Trinajstić information content (AvgIpc) is 2.49. The van der Waals surface area contributed by atoms with Gasteiger partial charge in [-0.2, -0.15) is 4.57 Å². The van der Waals surface area contributed by atoms with Crippen molar-refractivity contribution in [2.75, 3.05) is 0 Å². The van der Waals surface area contributed by atoms with E-state index in [9.17, 15) is 0 Å². The van der Waals surface area contributed by atoms with Gasteiger partial charge in [-0.25, -0.2) is 4.57 Å². The van der Waals surface area contributed by atoms with Gasteiger partial charge in [0.05, 0.1) is 30.4 Å². The molecule has 0 aliphatic carbocycles. The van der Waals surface area contributed by atoms with Crippen LogP contribution in [0.5, 0.6) is 0 Å². The Balaban J connectivity index is 0.00000110. The lowest BCUT2D eigenvalue weighted by atomic mass is 10.3. The Morgan fingerprint density at radius 3 is 1.86 bits per heavy atom. The summed E-state index contributed by atoms with van der Waals surface area (Å²) in [5.74, 6) is 1.56. The molecular formula is C15H14Cl2N4. The molecule has 3 rings (SSSR count). The molecule has 0 saturated carbocycles. The maximum Gasteiger partial charge on any atom is 0.477 e. The second-order valence-corrected chi connectivity index (χ2v) is 4.24. The minimum absolute atomic E-state index is 0. The Hall–Kier alpha value is -2.04. The summed E-state index contributed by atoms with van der Waals surface area (Å²) in [4.78, 5) is 9.00. The van der Waals surface area contributed by atoms with Crippen molar-refractivity contribution >= 4 is 0 Å². The quantitative estimate of drug-likeness (QED) is 0.445. The number of pyridine rings is 2. The summed E-state index contributed by atoms with van der Waals surface area (Å²) < 4.78 is 3.89. The molecule has 0 atom stereocenters. The van der Waals surface area contributed by atoms with E-state index in [1.165, 1.54) is 0 Å². The SMILES string of the molecule is Cc1cnc(-[n+]2ccccc2)nc1-[n+]1ccccc1.[Cl-].[Cl-].